The third-order valence-corrected chi connectivity index (χ3v) is 2.08. The zero-order chi connectivity index (χ0) is 15.4. The normalized spacial score (nSPS) is 11.5. The van der Waals surface area contributed by atoms with E-state index in [1.807, 2.05) is 0 Å². The van der Waals surface area contributed by atoms with E-state index in [1.54, 1.807) is 0 Å². The Morgan fingerprint density at radius 2 is 1.62 bits per heavy atom. The van der Waals surface area contributed by atoms with Gasteiger partial charge < -0.3 is 15.4 Å². The largest absolute Gasteiger partial charge is 0.690 e. The fourth-order valence-corrected chi connectivity index (χ4v) is 1.27. The first-order valence-corrected chi connectivity index (χ1v) is 5.22. The van der Waals surface area contributed by atoms with E-state index in [1.165, 1.54) is 0 Å². The monoisotopic (exact) mass is 298 g/mol. The number of hydrogen-bond donors (Lipinski definition) is 2. The number of aromatic nitrogens is 4. The first kappa shape index (κ1) is 14.0. The highest BCUT2D eigenvalue weighted by Gasteiger charge is 2.24. The first-order valence-electron chi connectivity index (χ1n) is 5.22. The molecule has 0 aliphatic carbocycles. The van der Waals surface area contributed by atoms with Crippen LogP contribution < -0.4 is 0 Å². The molecule has 21 heavy (non-hydrogen) atoms. The van der Waals surface area contributed by atoms with Gasteiger partial charge in [-0.25, -0.2) is 4.63 Å². The van der Waals surface area contributed by atoms with Crippen molar-refractivity contribution in [1.29, 1.82) is 0 Å². The van der Waals surface area contributed by atoms with Gasteiger partial charge in [-0.15, -0.1) is 9.49 Å². The van der Waals surface area contributed by atoms with Gasteiger partial charge in [-0.05, 0) is 10.3 Å². The van der Waals surface area contributed by atoms with Crippen molar-refractivity contribution in [1.82, 2.24) is 20.6 Å². The molecule has 0 saturated heterocycles. The second-order valence-electron chi connectivity index (χ2n) is 3.58. The van der Waals surface area contributed by atoms with Crippen LogP contribution in [0.25, 0.3) is 0 Å². The smallest absolute Gasteiger partial charge is 0.422 e. The molecule has 0 aliphatic rings. The quantitative estimate of drug-likeness (QED) is 0.401. The molecule has 0 atom stereocenters. The summed E-state index contributed by atoms with van der Waals surface area (Å²) >= 11 is 0. The second-order valence-corrected chi connectivity index (χ2v) is 3.58. The van der Waals surface area contributed by atoms with Crippen LogP contribution in [0.4, 0.5) is 11.6 Å². The zero-order valence-electron chi connectivity index (χ0n) is 10.0. The molecule has 0 spiro atoms. The molecule has 2 N–H and O–H groups in total. The van der Waals surface area contributed by atoms with Crippen LogP contribution in [0.5, 0.6) is 0 Å². The summed E-state index contributed by atoms with van der Waals surface area (Å²) in [4.78, 5) is 21.0. The molecule has 0 amide bonds. The van der Waals surface area contributed by atoms with E-state index in [9.17, 15) is 14.8 Å². The molecule has 2 heterocycles. The van der Waals surface area contributed by atoms with Crippen LogP contribution in [-0.2, 0) is 22.4 Å². The number of carboxylic acids is 2. The number of nitrogens with zero attached hydrogens (tertiary/aromatic N) is 6. The molecule has 2 rings (SSSR count). The summed E-state index contributed by atoms with van der Waals surface area (Å²) in [5.41, 5.74) is -0.433. The lowest BCUT2D eigenvalue weighted by molar-refractivity contribution is -0.441. The third kappa shape index (κ3) is 3.34. The van der Waals surface area contributed by atoms with E-state index < -0.39 is 30.6 Å². The minimum Gasteiger partial charge on any atom is -0.690 e. The minimum atomic E-state index is -1.25. The van der Waals surface area contributed by atoms with Crippen LogP contribution in [0.2, 0.25) is 0 Å². The molecule has 2 aromatic rings. The van der Waals surface area contributed by atoms with Gasteiger partial charge in [0.15, 0.2) is 10.9 Å². The lowest BCUT2D eigenvalue weighted by Crippen LogP contribution is -2.04. The molecule has 0 unspecified atom stereocenters. The second kappa shape index (κ2) is 5.72. The lowest BCUT2D eigenvalue weighted by Gasteiger charge is -1.99. The van der Waals surface area contributed by atoms with Gasteiger partial charge in [-0.1, -0.05) is 10.3 Å². The van der Waals surface area contributed by atoms with E-state index in [0.717, 1.165) is 0 Å². The third-order valence-electron chi connectivity index (χ3n) is 2.08. The minimum absolute atomic E-state index is 0.111. The van der Waals surface area contributed by atoms with Gasteiger partial charge in [-0.3, -0.25) is 9.59 Å². The van der Waals surface area contributed by atoms with Gasteiger partial charge in [0.05, 0.1) is 6.42 Å². The Balaban J connectivity index is 2.29. The van der Waals surface area contributed by atoms with Crippen LogP contribution in [0.3, 0.4) is 0 Å². The molecule has 0 fully saturated rings. The molecule has 13 nitrogen and oxygen atoms in total. The highest BCUT2D eigenvalue weighted by atomic mass is 16.6. The molecular formula is C8H6N6O7. The van der Waals surface area contributed by atoms with E-state index in [0.29, 0.717) is 0 Å². The van der Waals surface area contributed by atoms with Crippen molar-refractivity contribution in [3.8, 4) is 0 Å². The summed E-state index contributed by atoms with van der Waals surface area (Å²) in [5.74, 6) is -3.36. The van der Waals surface area contributed by atoms with Gasteiger partial charge in [0.2, 0.25) is 0 Å². The van der Waals surface area contributed by atoms with Crippen molar-refractivity contribution in [3.05, 3.63) is 16.6 Å². The SMILES string of the molecule is O=C(O)Cc1nonc1N=[N+]([O-])c1nonc1CC(=O)O. The summed E-state index contributed by atoms with van der Waals surface area (Å²) in [6.07, 6.45) is -1.17. The number of aliphatic carboxylic acids is 2. The van der Waals surface area contributed by atoms with Crippen molar-refractivity contribution in [2.75, 3.05) is 0 Å². The fraction of sp³-hybridized carbons (Fsp3) is 0.250. The van der Waals surface area contributed by atoms with Crippen LogP contribution in [-0.4, -0.2) is 47.6 Å². The summed E-state index contributed by atoms with van der Waals surface area (Å²) in [7, 11) is 0. The summed E-state index contributed by atoms with van der Waals surface area (Å²) in [6, 6.07) is 0. The lowest BCUT2D eigenvalue weighted by atomic mass is 10.3. The number of carboxylic acid groups (broad SMARTS) is 2. The number of carbonyl (C=O) groups is 2. The number of rotatable bonds is 6. The zero-order valence-corrected chi connectivity index (χ0v) is 10.0. The van der Waals surface area contributed by atoms with Crippen LogP contribution in [0.1, 0.15) is 11.4 Å². The molecule has 0 bridgehead atoms. The number of azo groups is 1. The summed E-state index contributed by atoms with van der Waals surface area (Å²) < 4.78 is 8.55. The Morgan fingerprint density at radius 3 is 2.29 bits per heavy atom. The maximum atomic E-state index is 11.8. The fourth-order valence-electron chi connectivity index (χ4n) is 1.27. The number of hydrogen-bond acceptors (Lipinski definition) is 10. The molecule has 13 heteroatoms. The van der Waals surface area contributed by atoms with Crippen LogP contribution in [0.15, 0.2) is 14.4 Å². The van der Waals surface area contributed by atoms with Crippen LogP contribution in [0, 0.1) is 5.21 Å². The average molecular weight is 298 g/mol. The molecular weight excluding hydrogens is 292 g/mol. The van der Waals surface area contributed by atoms with Crippen molar-refractivity contribution in [2.45, 2.75) is 12.8 Å². The van der Waals surface area contributed by atoms with Gasteiger partial charge >= 0.3 is 17.8 Å². The van der Waals surface area contributed by atoms with Gasteiger partial charge in [0.1, 0.15) is 12.1 Å². The van der Waals surface area contributed by atoms with Crippen molar-refractivity contribution in [3.63, 3.8) is 0 Å². The standard InChI is InChI=1S/C8H6N6O7/c15-5(16)1-3-7(12-20-10-3)9-14(19)8-4(2-6(17)18)11-21-13-8/h1-2H2,(H,15,16)(H,17,18). The van der Waals surface area contributed by atoms with Crippen molar-refractivity contribution in [2.24, 2.45) is 5.11 Å². The highest BCUT2D eigenvalue weighted by molar-refractivity contribution is 5.71. The Labute approximate surface area is 114 Å². The van der Waals surface area contributed by atoms with E-state index in [2.05, 4.69) is 35.0 Å². The van der Waals surface area contributed by atoms with Gasteiger partial charge in [0.25, 0.3) is 5.82 Å². The maximum Gasteiger partial charge on any atom is 0.422 e. The Kier molecular flexibility index (Phi) is 3.83. The molecule has 110 valence electrons. The molecule has 2 aromatic heterocycles. The van der Waals surface area contributed by atoms with E-state index in [-0.39, 0.29) is 22.1 Å². The first-order chi connectivity index (χ1) is 9.97. The molecule has 0 aliphatic heterocycles. The van der Waals surface area contributed by atoms with Crippen molar-refractivity contribution >= 4 is 23.6 Å². The van der Waals surface area contributed by atoms with E-state index in [4.69, 9.17) is 10.2 Å². The summed E-state index contributed by atoms with van der Waals surface area (Å²) in [6.45, 7) is 0. The average Bonchev–Trinajstić information content (AvgIpc) is 2.98. The topological polar surface area (TPSA) is 191 Å². The Hall–Kier alpha value is -3.38. The Bertz CT molecular complexity index is 704. The molecule has 0 saturated carbocycles. The van der Waals surface area contributed by atoms with Gasteiger partial charge in [-0.2, -0.15) is 0 Å². The van der Waals surface area contributed by atoms with Crippen LogP contribution >= 0.6 is 0 Å². The predicted molar refractivity (Wildman–Crippen MR) is 56.7 cm³/mol. The highest BCUT2D eigenvalue weighted by Crippen LogP contribution is 2.20. The predicted octanol–water partition coefficient (Wildman–Crippen LogP) is -0.368. The molecule has 0 aromatic carbocycles. The molecule has 0 radical (unpaired) electrons. The van der Waals surface area contributed by atoms with Gasteiger partial charge in [0, 0.05) is 0 Å². The summed E-state index contributed by atoms with van der Waals surface area (Å²) in [5, 5.41) is 45.4. The maximum absolute atomic E-state index is 11.8. The Morgan fingerprint density at radius 1 is 1.05 bits per heavy atom. The van der Waals surface area contributed by atoms with E-state index >= 15 is 0 Å². The van der Waals surface area contributed by atoms with Crippen molar-refractivity contribution < 1.29 is 33.9 Å².